The van der Waals surface area contributed by atoms with E-state index in [0.717, 1.165) is 5.56 Å². The molecular weight excluding hydrogens is 338 g/mol. The molecule has 0 aliphatic carbocycles. The van der Waals surface area contributed by atoms with Crippen molar-refractivity contribution in [2.75, 3.05) is 20.3 Å². The average molecular weight is 353 g/mol. The summed E-state index contributed by atoms with van der Waals surface area (Å²) in [5, 5.41) is 2.55. The molecule has 2 rings (SSSR count). The number of hydrogen-bond acceptors (Lipinski definition) is 7. The average Bonchev–Trinajstić information content (AvgIpc) is 2.83. The second kappa shape index (κ2) is 7.98. The lowest BCUT2D eigenvalue weighted by atomic mass is 10.2. The molecule has 8 heteroatoms. The van der Waals surface area contributed by atoms with Gasteiger partial charge in [0.2, 0.25) is 0 Å². The van der Waals surface area contributed by atoms with E-state index in [1.807, 2.05) is 0 Å². The van der Waals surface area contributed by atoms with Crippen molar-refractivity contribution < 1.29 is 23.8 Å². The summed E-state index contributed by atoms with van der Waals surface area (Å²) in [4.78, 5) is 23.5. The fourth-order valence-electron chi connectivity index (χ4n) is 1.80. The van der Waals surface area contributed by atoms with Gasteiger partial charge in [0.1, 0.15) is 4.32 Å². The quantitative estimate of drug-likeness (QED) is 0.477. The highest BCUT2D eigenvalue weighted by Crippen LogP contribution is 2.31. The number of hydrogen-bond donors (Lipinski definition) is 1. The minimum Gasteiger partial charge on any atom is -0.493 e. The van der Waals surface area contributed by atoms with E-state index in [1.54, 1.807) is 31.2 Å². The van der Waals surface area contributed by atoms with Gasteiger partial charge in [-0.25, -0.2) is 4.79 Å². The summed E-state index contributed by atoms with van der Waals surface area (Å²) < 4.78 is 15.9. The predicted octanol–water partition coefficient (Wildman–Crippen LogP) is 2.13. The largest absolute Gasteiger partial charge is 0.493 e. The zero-order chi connectivity index (χ0) is 16.8. The molecule has 6 nitrogen and oxygen atoms in total. The van der Waals surface area contributed by atoms with Crippen LogP contribution in [0.15, 0.2) is 23.1 Å². The van der Waals surface area contributed by atoms with Crippen molar-refractivity contribution in [1.82, 2.24) is 5.32 Å². The number of carbonyl (C=O) groups excluding carboxylic acids is 2. The SMILES string of the molecule is CCOC(=O)COc1ccc(C=C2SC(=S)NC2=O)cc1OC. The number of benzene rings is 1. The fourth-order valence-corrected chi connectivity index (χ4v) is 2.85. The Kier molecular flexibility index (Phi) is 6.00. The van der Waals surface area contributed by atoms with Crippen molar-refractivity contribution in [1.29, 1.82) is 0 Å². The molecule has 122 valence electrons. The van der Waals surface area contributed by atoms with Crippen LogP contribution in [0.3, 0.4) is 0 Å². The van der Waals surface area contributed by atoms with Gasteiger partial charge in [-0.2, -0.15) is 0 Å². The van der Waals surface area contributed by atoms with E-state index in [0.29, 0.717) is 27.3 Å². The monoisotopic (exact) mass is 353 g/mol. The highest BCUT2D eigenvalue weighted by molar-refractivity contribution is 8.26. The van der Waals surface area contributed by atoms with Gasteiger partial charge in [-0.15, -0.1) is 0 Å². The third kappa shape index (κ3) is 4.70. The Labute approximate surface area is 143 Å². The molecular formula is C15H15NO5S2. The minimum atomic E-state index is -0.451. The van der Waals surface area contributed by atoms with Crippen LogP contribution in [0.4, 0.5) is 0 Å². The number of thiocarbonyl (C=S) groups is 1. The summed E-state index contributed by atoms with van der Waals surface area (Å²) in [5.74, 6) is 0.200. The fraction of sp³-hybridized carbons (Fsp3) is 0.267. The van der Waals surface area contributed by atoms with Gasteiger partial charge in [0.25, 0.3) is 5.91 Å². The maximum atomic E-state index is 11.7. The van der Waals surface area contributed by atoms with Crippen molar-refractivity contribution in [3.05, 3.63) is 28.7 Å². The number of ether oxygens (including phenoxy) is 3. The molecule has 1 amide bonds. The van der Waals surface area contributed by atoms with Crippen LogP contribution in [-0.4, -0.2) is 36.5 Å². The van der Waals surface area contributed by atoms with E-state index in [1.165, 1.54) is 18.9 Å². The summed E-state index contributed by atoms with van der Waals surface area (Å²) in [6.07, 6.45) is 1.71. The van der Waals surface area contributed by atoms with Gasteiger partial charge in [-0.3, -0.25) is 4.79 Å². The van der Waals surface area contributed by atoms with Crippen molar-refractivity contribution in [2.45, 2.75) is 6.92 Å². The Balaban J connectivity index is 2.13. The molecule has 0 saturated carbocycles. The first-order chi connectivity index (χ1) is 11.0. The van der Waals surface area contributed by atoms with E-state index in [-0.39, 0.29) is 12.5 Å². The predicted molar refractivity (Wildman–Crippen MR) is 91.4 cm³/mol. The summed E-state index contributed by atoms with van der Waals surface area (Å²) in [7, 11) is 1.50. The molecule has 1 heterocycles. The van der Waals surface area contributed by atoms with E-state index >= 15 is 0 Å². The molecule has 1 N–H and O–H groups in total. The number of thioether (sulfide) groups is 1. The van der Waals surface area contributed by atoms with Crippen LogP contribution in [0.25, 0.3) is 6.08 Å². The Bertz CT molecular complexity index is 672. The molecule has 0 unspecified atom stereocenters. The zero-order valence-corrected chi connectivity index (χ0v) is 14.2. The molecule has 1 aromatic rings. The van der Waals surface area contributed by atoms with Crippen LogP contribution >= 0.6 is 24.0 Å². The van der Waals surface area contributed by atoms with Gasteiger partial charge in [-0.05, 0) is 30.7 Å². The highest BCUT2D eigenvalue weighted by atomic mass is 32.2. The molecule has 1 saturated heterocycles. The smallest absolute Gasteiger partial charge is 0.344 e. The topological polar surface area (TPSA) is 73.9 Å². The van der Waals surface area contributed by atoms with Crippen molar-refractivity contribution in [3.63, 3.8) is 0 Å². The van der Waals surface area contributed by atoms with Gasteiger partial charge in [0.05, 0.1) is 18.6 Å². The molecule has 0 radical (unpaired) electrons. The molecule has 23 heavy (non-hydrogen) atoms. The van der Waals surface area contributed by atoms with E-state index in [9.17, 15) is 9.59 Å². The number of esters is 1. The summed E-state index contributed by atoms with van der Waals surface area (Å²) in [5.41, 5.74) is 0.757. The number of carbonyl (C=O) groups is 2. The molecule has 0 aromatic heterocycles. The number of methoxy groups -OCH3 is 1. The van der Waals surface area contributed by atoms with Crippen LogP contribution < -0.4 is 14.8 Å². The second-order valence-electron chi connectivity index (χ2n) is 4.36. The first-order valence-corrected chi connectivity index (χ1v) is 7.97. The molecule has 1 aliphatic rings. The Morgan fingerprint density at radius 1 is 1.39 bits per heavy atom. The summed E-state index contributed by atoms with van der Waals surface area (Å²) >= 11 is 6.15. The molecule has 1 aliphatic heterocycles. The lowest BCUT2D eigenvalue weighted by Gasteiger charge is -2.11. The third-order valence-electron chi connectivity index (χ3n) is 2.78. The van der Waals surface area contributed by atoms with Crippen LogP contribution in [0.5, 0.6) is 11.5 Å². The molecule has 0 bridgehead atoms. The zero-order valence-electron chi connectivity index (χ0n) is 12.6. The second-order valence-corrected chi connectivity index (χ2v) is 6.08. The van der Waals surface area contributed by atoms with E-state index < -0.39 is 5.97 Å². The maximum absolute atomic E-state index is 11.7. The standard InChI is InChI=1S/C15H15NO5S2/c1-3-20-13(17)8-21-10-5-4-9(6-11(10)19-2)7-12-14(18)16-15(22)23-12/h4-7H,3,8H2,1-2H3,(H,16,18,22). The van der Waals surface area contributed by atoms with Crippen LogP contribution in [0.2, 0.25) is 0 Å². The minimum absolute atomic E-state index is 0.197. The van der Waals surface area contributed by atoms with Gasteiger partial charge in [0, 0.05) is 0 Å². The number of amides is 1. The first-order valence-electron chi connectivity index (χ1n) is 6.74. The number of nitrogens with one attached hydrogen (secondary N) is 1. The lowest BCUT2D eigenvalue weighted by Crippen LogP contribution is -2.17. The van der Waals surface area contributed by atoms with Crippen molar-refractivity contribution >= 4 is 46.3 Å². The van der Waals surface area contributed by atoms with Crippen LogP contribution in [0.1, 0.15) is 12.5 Å². The van der Waals surface area contributed by atoms with Gasteiger partial charge in [-0.1, -0.05) is 30.0 Å². The Hall–Kier alpha value is -2.06. The number of rotatable bonds is 6. The summed E-state index contributed by atoms with van der Waals surface area (Å²) in [6.45, 7) is 1.83. The van der Waals surface area contributed by atoms with Gasteiger partial charge in [0.15, 0.2) is 18.1 Å². The van der Waals surface area contributed by atoms with Crippen molar-refractivity contribution in [3.8, 4) is 11.5 Å². The third-order valence-corrected chi connectivity index (χ3v) is 3.94. The normalized spacial score (nSPS) is 15.5. The Morgan fingerprint density at radius 2 is 2.17 bits per heavy atom. The van der Waals surface area contributed by atoms with Crippen LogP contribution in [-0.2, 0) is 14.3 Å². The van der Waals surface area contributed by atoms with Gasteiger partial charge >= 0.3 is 5.97 Å². The molecule has 1 aromatic carbocycles. The lowest BCUT2D eigenvalue weighted by molar-refractivity contribution is -0.145. The maximum Gasteiger partial charge on any atom is 0.344 e. The van der Waals surface area contributed by atoms with Crippen LogP contribution in [0, 0.1) is 0 Å². The summed E-state index contributed by atoms with van der Waals surface area (Å²) in [6, 6.07) is 5.13. The highest BCUT2D eigenvalue weighted by Gasteiger charge is 2.22. The van der Waals surface area contributed by atoms with E-state index in [2.05, 4.69) is 5.32 Å². The molecule has 0 spiro atoms. The van der Waals surface area contributed by atoms with Gasteiger partial charge < -0.3 is 19.5 Å². The van der Waals surface area contributed by atoms with Crippen molar-refractivity contribution in [2.24, 2.45) is 0 Å². The molecule has 0 atom stereocenters. The van der Waals surface area contributed by atoms with E-state index in [4.69, 9.17) is 26.4 Å². The first kappa shape index (κ1) is 17.3. The molecule has 1 fully saturated rings. The Morgan fingerprint density at radius 3 is 2.78 bits per heavy atom.